The Labute approximate surface area is 117 Å². The maximum atomic E-state index is 12.0. The van der Waals surface area contributed by atoms with Crippen LogP contribution < -0.4 is 4.90 Å². The summed E-state index contributed by atoms with van der Waals surface area (Å²) in [7, 11) is 0. The first-order chi connectivity index (χ1) is 9.66. The third-order valence-corrected chi connectivity index (χ3v) is 3.61. The fraction of sp³-hybridized carbons (Fsp3) is 0.538. The number of fused-ring (bicyclic) bond motifs is 1. The monoisotopic (exact) mass is 274 g/mol. The molecule has 2 aromatic heterocycles. The lowest BCUT2D eigenvalue weighted by Crippen LogP contribution is -2.50. The zero-order valence-electron chi connectivity index (χ0n) is 11.7. The molecule has 3 rings (SSSR count). The number of hydrogen-bond donors (Lipinski definition) is 1. The van der Waals surface area contributed by atoms with E-state index in [2.05, 4.69) is 25.1 Å². The average Bonchev–Trinajstić information content (AvgIpc) is 2.95. The van der Waals surface area contributed by atoms with Gasteiger partial charge in [-0.1, -0.05) is 13.8 Å². The molecule has 1 amide bonds. The summed E-state index contributed by atoms with van der Waals surface area (Å²) in [5.41, 5.74) is 0.746. The minimum absolute atomic E-state index is 0.0566. The van der Waals surface area contributed by atoms with Gasteiger partial charge in [0.25, 0.3) is 0 Å². The minimum Gasteiger partial charge on any atom is -0.352 e. The van der Waals surface area contributed by atoms with Crippen LogP contribution >= 0.6 is 0 Å². The molecule has 0 saturated carbocycles. The molecule has 1 N–H and O–H groups in total. The number of carbonyl (C=O) groups excluding carboxylic acids is 1. The lowest BCUT2D eigenvalue weighted by atomic mass is 10.1. The van der Waals surface area contributed by atoms with Crippen molar-refractivity contribution in [2.24, 2.45) is 5.92 Å². The van der Waals surface area contributed by atoms with E-state index in [1.54, 1.807) is 12.5 Å². The highest BCUT2D eigenvalue weighted by atomic mass is 16.2. The second-order valence-electron chi connectivity index (χ2n) is 5.30. The van der Waals surface area contributed by atoms with Crippen LogP contribution in [0.5, 0.6) is 0 Å². The van der Waals surface area contributed by atoms with Gasteiger partial charge >= 0.3 is 0 Å². The van der Waals surface area contributed by atoms with Gasteiger partial charge in [0.15, 0.2) is 5.65 Å². The quantitative estimate of drug-likeness (QED) is 0.870. The van der Waals surface area contributed by atoms with E-state index >= 15 is 0 Å². The molecule has 1 aliphatic rings. The van der Waals surface area contributed by atoms with Crippen molar-refractivity contribution in [1.82, 2.24) is 25.1 Å². The number of carbonyl (C=O) groups is 1. The fourth-order valence-electron chi connectivity index (χ4n) is 2.51. The van der Waals surface area contributed by atoms with Crippen molar-refractivity contribution in [3.8, 4) is 0 Å². The van der Waals surface area contributed by atoms with Gasteiger partial charge in [0.1, 0.15) is 12.1 Å². The predicted octanol–water partition coefficient (Wildman–Crippen LogP) is 0.657. The molecule has 0 aliphatic carbocycles. The third kappa shape index (κ3) is 2.19. The maximum Gasteiger partial charge on any atom is 0.225 e. The van der Waals surface area contributed by atoms with Gasteiger partial charge in [0, 0.05) is 32.1 Å². The fourth-order valence-corrected chi connectivity index (χ4v) is 2.51. The Bertz CT molecular complexity index is 614. The molecule has 7 heteroatoms. The molecule has 0 bridgehead atoms. The minimum atomic E-state index is 0.0566. The van der Waals surface area contributed by atoms with E-state index in [-0.39, 0.29) is 11.8 Å². The number of hydrogen-bond acceptors (Lipinski definition) is 5. The van der Waals surface area contributed by atoms with E-state index in [0.717, 1.165) is 43.0 Å². The Morgan fingerprint density at radius 2 is 2.00 bits per heavy atom. The van der Waals surface area contributed by atoms with Gasteiger partial charge in [-0.15, -0.1) is 0 Å². The molecule has 1 aliphatic heterocycles. The van der Waals surface area contributed by atoms with Crippen molar-refractivity contribution in [3.63, 3.8) is 0 Å². The number of piperazine rings is 1. The van der Waals surface area contributed by atoms with Crippen LogP contribution in [0.15, 0.2) is 12.5 Å². The second kappa shape index (κ2) is 5.07. The molecule has 20 heavy (non-hydrogen) atoms. The van der Waals surface area contributed by atoms with Crippen LogP contribution in [-0.4, -0.2) is 57.2 Å². The number of nitrogens with zero attached hydrogens (tertiary/aromatic N) is 5. The molecule has 106 valence electrons. The van der Waals surface area contributed by atoms with E-state index < -0.39 is 0 Å². The first kappa shape index (κ1) is 12.8. The molecule has 1 saturated heterocycles. The topological polar surface area (TPSA) is 78.0 Å². The lowest BCUT2D eigenvalue weighted by Gasteiger charge is -2.36. The Morgan fingerprint density at radius 3 is 2.70 bits per heavy atom. The highest BCUT2D eigenvalue weighted by Gasteiger charge is 2.24. The largest absolute Gasteiger partial charge is 0.352 e. The Morgan fingerprint density at radius 1 is 1.25 bits per heavy atom. The Hall–Kier alpha value is -2.18. The molecule has 0 aromatic carbocycles. The summed E-state index contributed by atoms with van der Waals surface area (Å²) in [5.74, 6) is 1.17. The summed E-state index contributed by atoms with van der Waals surface area (Å²) >= 11 is 0. The SMILES string of the molecule is CC(C)C(=O)N1CCN(c2ncnc3[nH]ncc23)CC1. The van der Waals surface area contributed by atoms with Crippen molar-refractivity contribution >= 4 is 22.8 Å². The van der Waals surface area contributed by atoms with Gasteiger partial charge < -0.3 is 9.80 Å². The van der Waals surface area contributed by atoms with Gasteiger partial charge in [-0.05, 0) is 0 Å². The van der Waals surface area contributed by atoms with Crippen LogP contribution in [0, 0.1) is 5.92 Å². The summed E-state index contributed by atoms with van der Waals surface area (Å²) in [5, 5.41) is 7.78. The number of aromatic nitrogens is 4. The van der Waals surface area contributed by atoms with Crippen molar-refractivity contribution < 1.29 is 4.79 Å². The van der Waals surface area contributed by atoms with Crippen LogP contribution in [0.3, 0.4) is 0 Å². The molecule has 1 fully saturated rings. The molecular weight excluding hydrogens is 256 g/mol. The van der Waals surface area contributed by atoms with E-state index in [1.807, 2.05) is 18.7 Å². The third-order valence-electron chi connectivity index (χ3n) is 3.61. The molecule has 3 heterocycles. The smallest absolute Gasteiger partial charge is 0.225 e. The molecule has 0 radical (unpaired) electrons. The molecule has 7 nitrogen and oxygen atoms in total. The van der Waals surface area contributed by atoms with E-state index in [1.165, 1.54) is 0 Å². The molecule has 2 aromatic rings. The van der Waals surface area contributed by atoms with Crippen LogP contribution in [0.1, 0.15) is 13.8 Å². The van der Waals surface area contributed by atoms with Crippen molar-refractivity contribution in [1.29, 1.82) is 0 Å². The van der Waals surface area contributed by atoms with E-state index in [4.69, 9.17) is 0 Å². The van der Waals surface area contributed by atoms with Gasteiger partial charge in [0.05, 0.1) is 11.6 Å². The number of H-pyrrole nitrogens is 1. The first-order valence-electron chi connectivity index (χ1n) is 6.84. The van der Waals surface area contributed by atoms with Gasteiger partial charge in [-0.3, -0.25) is 9.89 Å². The summed E-state index contributed by atoms with van der Waals surface area (Å²) in [6.07, 6.45) is 3.29. The average molecular weight is 274 g/mol. The van der Waals surface area contributed by atoms with Crippen LogP contribution in [0.25, 0.3) is 11.0 Å². The highest BCUT2D eigenvalue weighted by molar-refractivity contribution is 5.86. The van der Waals surface area contributed by atoms with Gasteiger partial charge in [-0.25, -0.2) is 9.97 Å². The van der Waals surface area contributed by atoms with Crippen molar-refractivity contribution in [3.05, 3.63) is 12.5 Å². The standard InChI is InChI=1S/C13H18N6O/c1-9(2)13(20)19-5-3-18(4-6-19)12-10-7-16-17-11(10)14-8-15-12/h7-9H,3-6H2,1-2H3,(H,14,15,16,17). The predicted molar refractivity (Wildman–Crippen MR) is 75.3 cm³/mol. The maximum absolute atomic E-state index is 12.0. The number of amides is 1. The molecular formula is C13H18N6O. The summed E-state index contributed by atoms with van der Waals surface area (Å²) < 4.78 is 0. The molecule has 0 atom stereocenters. The number of aromatic amines is 1. The number of nitrogens with one attached hydrogen (secondary N) is 1. The zero-order chi connectivity index (χ0) is 14.1. The first-order valence-corrected chi connectivity index (χ1v) is 6.84. The van der Waals surface area contributed by atoms with Crippen LogP contribution in [0.4, 0.5) is 5.82 Å². The van der Waals surface area contributed by atoms with Crippen molar-refractivity contribution in [2.45, 2.75) is 13.8 Å². The number of rotatable bonds is 2. The Kier molecular flexibility index (Phi) is 3.25. The summed E-state index contributed by atoms with van der Waals surface area (Å²) in [6.45, 7) is 6.93. The molecule has 0 unspecified atom stereocenters. The Balaban J connectivity index is 1.75. The van der Waals surface area contributed by atoms with Crippen molar-refractivity contribution in [2.75, 3.05) is 31.1 Å². The summed E-state index contributed by atoms with van der Waals surface area (Å²) in [6, 6.07) is 0. The van der Waals surface area contributed by atoms with Crippen LogP contribution in [-0.2, 0) is 4.79 Å². The lowest BCUT2D eigenvalue weighted by molar-refractivity contribution is -0.134. The number of anilines is 1. The zero-order valence-corrected chi connectivity index (χ0v) is 11.7. The molecule has 0 spiro atoms. The van der Waals surface area contributed by atoms with Gasteiger partial charge in [0.2, 0.25) is 5.91 Å². The highest BCUT2D eigenvalue weighted by Crippen LogP contribution is 2.22. The van der Waals surface area contributed by atoms with E-state index in [9.17, 15) is 4.79 Å². The second-order valence-corrected chi connectivity index (χ2v) is 5.30. The van der Waals surface area contributed by atoms with Gasteiger partial charge in [-0.2, -0.15) is 5.10 Å². The normalized spacial score (nSPS) is 16.1. The summed E-state index contributed by atoms with van der Waals surface area (Å²) in [4.78, 5) is 24.6. The van der Waals surface area contributed by atoms with E-state index in [0.29, 0.717) is 0 Å². The van der Waals surface area contributed by atoms with Crippen LogP contribution in [0.2, 0.25) is 0 Å².